The van der Waals surface area contributed by atoms with Crippen molar-refractivity contribution < 1.29 is 4.74 Å². The molecule has 0 spiro atoms. The lowest BCUT2D eigenvalue weighted by atomic mass is 10.0. The lowest BCUT2D eigenvalue weighted by molar-refractivity contribution is 0.301. The van der Waals surface area contributed by atoms with Crippen molar-refractivity contribution in [2.45, 2.75) is 65.8 Å². The monoisotopic (exact) mass is 277 g/mol. The van der Waals surface area contributed by atoms with Crippen LogP contribution in [0.2, 0.25) is 0 Å². The van der Waals surface area contributed by atoms with E-state index in [2.05, 4.69) is 65.1 Å². The van der Waals surface area contributed by atoms with Crippen molar-refractivity contribution in [2.75, 3.05) is 13.2 Å². The Kier molecular flexibility index (Phi) is 6.54. The minimum atomic E-state index is 0.212. The molecule has 0 radical (unpaired) electrons. The van der Waals surface area contributed by atoms with E-state index in [9.17, 15) is 0 Å². The average molecular weight is 277 g/mol. The highest BCUT2D eigenvalue weighted by atomic mass is 16.5. The van der Waals surface area contributed by atoms with Crippen LogP contribution in [0.25, 0.3) is 0 Å². The van der Waals surface area contributed by atoms with Gasteiger partial charge in [0.25, 0.3) is 0 Å². The van der Waals surface area contributed by atoms with Crippen LogP contribution in [0.5, 0.6) is 5.75 Å². The smallest absolute Gasteiger partial charge is 0.119 e. The first-order chi connectivity index (χ1) is 9.28. The van der Waals surface area contributed by atoms with E-state index in [1.807, 2.05) is 0 Å². The summed E-state index contributed by atoms with van der Waals surface area (Å²) >= 11 is 0. The zero-order valence-electron chi connectivity index (χ0n) is 14.0. The molecule has 20 heavy (non-hydrogen) atoms. The zero-order valence-corrected chi connectivity index (χ0v) is 14.0. The van der Waals surface area contributed by atoms with E-state index in [1.54, 1.807) is 0 Å². The van der Waals surface area contributed by atoms with E-state index >= 15 is 0 Å². The van der Waals surface area contributed by atoms with E-state index in [0.29, 0.717) is 5.92 Å². The van der Waals surface area contributed by atoms with Gasteiger partial charge in [0.05, 0.1) is 6.61 Å². The molecule has 0 bridgehead atoms. The van der Waals surface area contributed by atoms with Crippen LogP contribution in [-0.4, -0.2) is 18.7 Å². The molecule has 1 rings (SSSR count). The highest BCUT2D eigenvalue weighted by Gasteiger charge is 2.07. The fourth-order valence-electron chi connectivity index (χ4n) is 2.07. The maximum Gasteiger partial charge on any atom is 0.119 e. The number of ether oxygens (including phenoxy) is 1. The third-order valence-electron chi connectivity index (χ3n) is 3.24. The van der Waals surface area contributed by atoms with Crippen LogP contribution >= 0.6 is 0 Å². The summed E-state index contributed by atoms with van der Waals surface area (Å²) in [5.41, 5.74) is 2.85. The van der Waals surface area contributed by atoms with Gasteiger partial charge in [-0.3, -0.25) is 0 Å². The van der Waals surface area contributed by atoms with E-state index in [0.717, 1.165) is 31.7 Å². The van der Waals surface area contributed by atoms with Crippen molar-refractivity contribution in [3.63, 3.8) is 0 Å². The highest BCUT2D eigenvalue weighted by molar-refractivity contribution is 5.35. The zero-order chi connectivity index (χ0) is 15.2. The van der Waals surface area contributed by atoms with Crippen molar-refractivity contribution in [1.29, 1.82) is 0 Å². The molecule has 1 aromatic rings. The quantitative estimate of drug-likeness (QED) is 0.732. The highest BCUT2D eigenvalue weighted by Crippen LogP contribution is 2.22. The lowest BCUT2D eigenvalue weighted by Crippen LogP contribution is -2.36. The Labute approximate surface area is 124 Å². The summed E-state index contributed by atoms with van der Waals surface area (Å²) < 4.78 is 5.88. The van der Waals surface area contributed by atoms with Gasteiger partial charge < -0.3 is 10.1 Å². The Morgan fingerprint density at radius 1 is 1.10 bits per heavy atom. The van der Waals surface area contributed by atoms with Crippen molar-refractivity contribution in [3.05, 3.63) is 29.3 Å². The van der Waals surface area contributed by atoms with E-state index in [1.165, 1.54) is 11.1 Å². The first-order valence-corrected chi connectivity index (χ1v) is 7.77. The third kappa shape index (κ3) is 6.95. The van der Waals surface area contributed by atoms with Gasteiger partial charge in [0.2, 0.25) is 0 Å². The number of hydrogen-bond donors (Lipinski definition) is 1. The van der Waals surface area contributed by atoms with Crippen LogP contribution in [-0.2, 0) is 0 Å². The summed E-state index contributed by atoms with van der Waals surface area (Å²) in [5.74, 6) is 1.56. The Morgan fingerprint density at radius 2 is 1.80 bits per heavy atom. The van der Waals surface area contributed by atoms with Crippen molar-refractivity contribution in [2.24, 2.45) is 0 Å². The second-order valence-corrected chi connectivity index (χ2v) is 6.97. The molecule has 114 valence electrons. The first-order valence-electron chi connectivity index (χ1n) is 7.77. The summed E-state index contributed by atoms with van der Waals surface area (Å²) in [6.45, 7) is 15.0. The second-order valence-electron chi connectivity index (χ2n) is 6.97. The number of nitrogens with one attached hydrogen (secondary N) is 1. The van der Waals surface area contributed by atoms with Gasteiger partial charge in [0.15, 0.2) is 0 Å². The lowest BCUT2D eigenvalue weighted by Gasteiger charge is -2.20. The maximum atomic E-state index is 5.88. The van der Waals surface area contributed by atoms with Gasteiger partial charge in [0.1, 0.15) is 5.75 Å². The fraction of sp³-hybridized carbons (Fsp3) is 0.667. The SMILES string of the molecule is Cc1cc(OCCCCNC(C)(C)C)cc(C(C)C)c1. The molecular weight excluding hydrogens is 246 g/mol. The molecule has 0 amide bonds. The second kappa shape index (κ2) is 7.68. The van der Waals surface area contributed by atoms with Crippen molar-refractivity contribution in [1.82, 2.24) is 5.32 Å². The Balaban J connectivity index is 2.32. The van der Waals surface area contributed by atoms with Crippen LogP contribution in [0.1, 0.15) is 64.5 Å². The van der Waals surface area contributed by atoms with Gasteiger partial charge in [-0.05, 0) is 76.3 Å². The predicted molar refractivity (Wildman–Crippen MR) is 87.8 cm³/mol. The minimum absolute atomic E-state index is 0.212. The molecule has 0 unspecified atom stereocenters. The van der Waals surface area contributed by atoms with E-state index in [-0.39, 0.29) is 5.54 Å². The first kappa shape index (κ1) is 17.0. The van der Waals surface area contributed by atoms with E-state index in [4.69, 9.17) is 4.74 Å². The number of aryl methyl sites for hydroxylation is 1. The van der Waals surface area contributed by atoms with Gasteiger partial charge in [-0.15, -0.1) is 0 Å². The Hall–Kier alpha value is -1.02. The van der Waals surface area contributed by atoms with Crippen LogP contribution in [0.15, 0.2) is 18.2 Å². The standard InChI is InChI=1S/C18H31NO/c1-14(2)16-11-15(3)12-17(13-16)20-10-8-7-9-19-18(4,5)6/h11-14,19H,7-10H2,1-6H3. The molecule has 0 aromatic heterocycles. The largest absolute Gasteiger partial charge is 0.494 e. The topological polar surface area (TPSA) is 21.3 Å². The number of unbranched alkanes of at least 4 members (excludes halogenated alkanes) is 1. The van der Waals surface area contributed by atoms with Crippen LogP contribution in [0.3, 0.4) is 0 Å². The molecule has 0 saturated heterocycles. The number of rotatable bonds is 7. The number of benzene rings is 1. The Morgan fingerprint density at radius 3 is 2.40 bits per heavy atom. The molecule has 0 aliphatic carbocycles. The molecule has 2 nitrogen and oxygen atoms in total. The molecule has 0 aliphatic heterocycles. The molecule has 0 heterocycles. The van der Waals surface area contributed by atoms with Gasteiger partial charge >= 0.3 is 0 Å². The van der Waals surface area contributed by atoms with Gasteiger partial charge in [-0.1, -0.05) is 19.9 Å². The molecule has 1 aromatic carbocycles. The van der Waals surface area contributed by atoms with E-state index < -0.39 is 0 Å². The van der Waals surface area contributed by atoms with Crippen LogP contribution in [0, 0.1) is 6.92 Å². The third-order valence-corrected chi connectivity index (χ3v) is 3.24. The van der Waals surface area contributed by atoms with Crippen molar-refractivity contribution in [3.8, 4) is 5.75 Å². The molecule has 0 atom stereocenters. The summed E-state index contributed by atoms with van der Waals surface area (Å²) in [5, 5.41) is 3.50. The molecule has 2 heteroatoms. The number of hydrogen-bond acceptors (Lipinski definition) is 2. The van der Waals surface area contributed by atoms with Gasteiger partial charge in [-0.2, -0.15) is 0 Å². The summed E-state index contributed by atoms with van der Waals surface area (Å²) in [4.78, 5) is 0. The summed E-state index contributed by atoms with van der Waals surface area (Å²) in [6, 6.07) is 6.54. The van der Waals surface area contributed by atoms with Gasteiger partial charge in [0, 0.05) is 5.54 Å². The summed E-state index contributed by atoms with van der Waals surface area (Å²) in [6.07, 6.45) is 2.24. The van der Waals surface area contributed by atoms with Crippen LogP contribution < -0.4 is 10.1 Å². The Bertz CT molecular complexity index is 404. The van der Waals surface area contributed by atoms with Crippen molar-refractivity contribution >= 4 is 0 Å². The molecular formula is C18H31NO. The fourth-order valence-corrected chi connectivity index (χ4v) is 2.07. The van der Waals surface area contributed by atoms with Crippen LogP contribution in [0.4, 0.5) is 0 Å². The average Bonchev–Trinajstić information content (AvgIpc) is 2.31. The van der Waals surface area contributed by atoms with Gasteiger partial charge in [-0.25, -0.2) is 0 Å². The molecule has 0 fully saturated rings. The molecule has 0 aliphatic rings. The normalized spacial score (nSPS) is 11.9. The summed E-state index contributed by atoms with van der Waals surface area (Å²) in [7, 11) is 0. The molecule has 0 saturated carbocycles. The minimum Gasteiger partial charge on any atom is -0.494 e. The maximum absolute atomic E-state index is 5.88. The molecule has 1 N–H and O–H groups in total. The predicted octanol–water partition coefficient (Wildman–Crippen LogP) is 4.67.